The number of hydrogen-bond acceptors (Lipinski definition) is 3. The lowest BCUT2D eigenvalue weighted by atomic mass is 10.1. The molecule has 3 N–H and O–H groups in total. The van der Waals surface area contributed by atoms with Crippen molar-refractivity contribution in [1.82, 2.24) is 4.72 Å². The molecule has 8 heteroatoms. The normalized spacial score (nSPS) is 13.4. The summed E-state index contributed by atoms with van der Waals surface area (Å²) in [6.45, 7) is 1.96. The van der Waals surface area contributed by atoms with Gasteiger partial charge in [0.05, 0.1) is 0 Å². The van der Waals surface area contributed by atoms with Crippen LogP contribution in [0.5, 0.6) is 0 Å². The molecule has 0 aliphatic rings. The molecule has 20 heavy (non-hydrogen) atoms. The first kappa shape index (κ1) is 16.9. The summed E-state index contributed by atoms with van der Waals surface area (Å²) >= 11 is 0. The molecule has 0 heterocycles. The van der Waals surface area contributed by atoms with Crippen molar-refractivity contribution >= 4 is 10.0 Å². The van der Waals surface area contributed by atoms with Gasteiger partial charge in [-0.05, 0) is 12.5 Å². The van der Waals surface area contributed by atoms with Crippen LogP contribution in [-0.4, -0.2) is 21.0 Å². The molecule has 0 fully saturated rings. The van der Waals surface area contributed by atoms with E-state index in [2.05, 4.69) is 4.72 Å². The highest BCUT2D eigenvalue weighted by molar-refractivity contribution is 7.89. The van der Waals surface area contributed by atoms with Crippen molar-refractivity contribution in [2.45, 2.75) is 37.1 Å². The molecular formula is C12H17F3N2O2S. The second-order valence-corrected chi connectivity index (χ2v) is 6.08. The van der Waals surface area contributed by atoms with Crippen molar-refractivity contribution in [3.8, 4) is 0 Å². The van der Waals surface area contributed by atoms with E-state index in [-0.39, 0.29) is 12.6 Å². The largest absolute Gasteiger partial charge is 0.329 e. The Labute approximate surface area is 116 Å². The Morgan fingerprint density at radius 3 is 2.35 bits per heavy atom. The van der Waals surface area contributed by atoms with Crippen molar-refractivity contribution in [3.63, 3.8) is 0 Å². The quantitative estimate of drug-likeness (QED) is 0.756. The van der Waals surface area contributed by atoms with Crippen LogP contribution < -0.4 is 10.5 Å². The Morgan fingerprint density at radius 1 is 1.20 bits per heavy atom. The SMILES string of the molecule is CCCCC(CN)NS(=O)(=O)c1cc(F)c(F)cc1F. The molecule has 0 bridgehead atoms. The minimum Gasteiger partial charge on any atom is -0.329 e. The minimum absolute atomic E-state index is 0.0323. The van der Waals surface area contributed by atoms with Gasteiger partial charge >= 0.3 is 0 Å². The first-order valence-corrected chi connectivity index (χ1v) is 7.67. The van der Waals surface area contributed by atoms with E-state index in [9.17, 15) is 21.6 Å². The zero-order chi connectivity index (χ0) is 15.3. The van der Waals surface area contributed by atoms with Gasteiger partial charge in [0.2, 0.25) is 10.0 Å². The first-order valence-electron chi connectivity index (χ1n) is 6.18. The Kier molecular flexibility index (Phi) is 5.97. The molecule has 0 radical (unpaired) electrons. The number of nitrogens with one attached hydrogen (secondary N) is 1. The van der Waals surface area contributed by atoms with Gasteiger partial charge in [-0.25, -0.2) is 26.3 Å². The van der Waals surface area contributed by atoms with Crippen LogP contribution in [0.3, 0.4) is 0 Å². The molecule has 1 rings (SSSR count). The molecular weight excluding hydrogens is 293 g/mol. The zero-order valence-corrected chi connectivity index (χ0v) is 11.8. The molecule has 1 atom stereocenters. The highest BCUT2D eigenvalue weighted by atomic mass is 32.2. The number of unbranched alkanes of at least 4 members (excludes halogenated alkanes) is 1. The number of halogens is 3. The van der Waals surface area contributed by atoms with Gasteiger partial charge in [0.15, 0.2) is 11.6 Å². The van der Waals surface area contributed by atoms with Crippen LogP contribution in [0.15, 0.2) is 17.0 Å². The summed E-state index contributed by atoms with van der Waals surface area (Å²) in [5, 5.41) is 0. The van der Waals surface area contributed by atoms with Gasteiger partial charge in [-0.2, -0.15) is 0 Å². The van der Waals surface area contributed by atoms with Gasteiger partial charge in [0, 0.05) is 18.7 Å². The standard InChI is InChI=1S/C12H17F3N2O2S/c1-2-3-4-8(7-16)17-20(18,19)12-6-10(14)9(13)5-11(12)15/h5-6,8,17H,2-4,7,16H2,1H3. The maximum absolute atomic E-state index is 13.5. The van der Waals surface area contributed by atoms with Crippen LogP contribution >= 0.6 is 0 Å². The molecule has 1 aromatic rings. The third kappa shape index (κ3) is 4.19. The summed E-state index contributed by atoms with van der Waals surface area (Å²) in [5.41, 5.74) is 5.44. The molecule has 0 aliphatic heterocycles. The summed E-state index contributed by atoms with van der Waals surface area (Å²) in [5.74, 6) is -4.21. The van der Waals surface area contributed by atoms with Crippen LogP contribution in [0.4, 0.5) is 13.2 Å². The number of benzene rings is 1. The summed E-state index contributed by atoms with van der Waals surface area (Å²) in [6.07, 6.45) is 2.07. The summed E-state index contributed by atoms with van der Waals surface area (Å²) in [7, 11) is -4.28. The van der Waals surface area contributed by atoms with Crippen LogP contribution in [0.2, 0.25) is 0 Å². The average Bonchev–Trinajstić information content (AvgIpc) is 2.38. The number of nitrogens with two attached hydrogens (primary N) is 1. The number of hydrogen-bond donors (Lipinski definition) is 2. The Balaban J connectivity index is 3.01. The van der Waals surface area contributed by atoms with E-state index < -0.39 is 38.4 Å². The highest BCUT2D eigenvalue weighted by Gasteiger charge is 2.24. The van der Waals surface area contributed by atoms with Gasteiger partial charge in [-0.1, -0.05) is 19.8 Å². The number of rotatable bonds is 7. The lowest BCUT2D eigenvalue weighted by molar-refractivity contribution is 0.477. The van der Waals surface area contributed by atoms with E-state index in [1.54, 1.807) is 0 Å². The predicted octanol–water partition coefficient (Wildman–Crippen LogP) is 1.90. The molecule has 1 aromatic carbocycles. The molecule has 114 valence electrons. The van der Waals surface area contributed by atoms with E-state index in [4.69, 9.17) is 5.73 Å². The van der Waals surface area contributed by atoms with E-state index >= 15 is 0 Å². The maximum atomic E-state index is 13.5. The average molecular weight is 310 g/mol. The van der Waals surface area contributed by atoms with Gasteiger partial charge in [0.25, 0.3) is 0 Å². The monoisotopic (exact) mass is 310 g/mol. The van der Waals surface area contributed by atoms with Crippen molar-refractivity contribution in [2.24, 2.45) is 5.73 Å². The van der Waals surface area contributed by atoms with Crippen molar-refractivity contribution in [3.05, 3.63) is 29.6 Å². The lowest BCUT2D eigenvalue weighted by Gasteiger charge is -2.17. The van der Waals surface area contributed by atoms with E-state index in [0.29, 0.717) is 12.5 Å². The molecule has 4 nitrogen and oxygen atoms in total. The fourth-order valence-electron chi connectivity index (χ4n) is 1.67. The van der Waals surface area contributed by atoms with Crippen molar-refractivity contribution < 1.29 is 21.6 Å². The molecule has 0 saturated heterocycles. The van der Waals surface area contributed by atoms with Crippen molar-refractivity contribution in [1.29, 1.82) is 0 Å². The van der Waals surface area contributed by atoms with Gasteiger partial charge in [-0.15, -0.1) is 0 Å². The molecule has 1 unspecified atom stereocenters. The molecule has 0 spiro atoms. The fraction of sp³-hybridized carbons (Fsp3) is 0.500. The fourth-order valence-corrected chi connectivity index (χ4v) is 3.02. The molecule has 0 amide bonds. The van der Waals surface area contributed by atoms with Crippen LogP contribution in [0.1, 0.15) is 26.2 Å². The lowest BCUT2D eigenvalue weighted by Crippen LogP contribution is -2.40. The second kappa shape index (κ2) is 7.05. The predicted molar refractivity (Wildman–Crippen MR) is 69.0 cm³/mol. The van der Waals surface area contributed by atoms with Crippen molar-refractivity contribution in [2.75, 3.05) is 6.54 Å². The Bertz CT molecular complexity index is 564. The van der Waals surface area contributed by atoms with Gasteiger partial charge in [0.1, 0.15) is 10.7 Å². The minimum atomic E-state index is -4.28. The third-order valence-electron chi connectivity index (χ3n) is 2.78. The maximum Gasteiger partial charge on any atom is 0.243 e. The van der Waals surface area contributed by atoms with Crippen LogP contribution in [0, 0.1) is 17.5 Å². The van der Waals surface area contributed by atoms with E-state index in [1.807, 2.05) is 6.92 Å². The van der Waals surface area contributed by atoms with Gasteiger partial charge < -0.3 is 5.73 Å². The molecule has 0 saturated carbocycles. The van der Waals surface area contributed by atoms with Gasteiger partial charge in [-0.3, -0.25) is 0 Å². The van der Waals surface area contributed by atoms with Crippen LogP contribution in [0.25, 0.3) is 0 Å². The Morgan fingerprint density at radius 2 is 1.80 bits per heavy atom. The Hall–Kier alpha value is -1.12. The van der Waals surface area contributed by atoms with E-state index in [0.717, 1.165) is 12.8 Å². The molecule has 0 aromatic heterocycles. The second-order valence-electron chi connectivity index (χ2n) is 4.39. The summed E-state index contributed by atoms with van der Waals surface area (Å²) < 4.78 is 65.4. The summed E-state index contributed by atoms with van der Waals surface area (Å²) in [6, 6.07) is -0.0548. The first-order chi connectivity index (χ1) is 9.31. The topological polar surface area (TPSA) is 72.2 Å². The highest BCUT2D eigenvalue weighted by Crippen LogP contribution is 2.19. The zero-order valence-electron chi connectivity index (χ0n) is 11.0. The molecule has 0 aliphatic carbocycles. The summed E-state index contributed by atoms with van der Waals surface area (Å²) in [4.78, 5) is -0.925. The van der Waals surface area contributed by atoms with Crippen LogP contribution in [-0.2, 0) is 10.0 Å². The number of sulfonamides is 1. The smallest absolute Gasteiger partial charge is 0.243 e. The van der Waals surface area contributed by atoms with E-state index in [1.165, 1.54) is 0 Å². The third-order valence-corrected chi connectivity index (χ3v) is 4.31.